The van der Waals surface area contributed by atoms with Crippen LogP contribution in [0.15, 0.2) is 161 Å². The van der Waals surface area contributed by atoms with E-state index < -0.39 is 37.5 Å². The van der Waals surface area contributed by atoms with Gasteiger partial charge >= 0.3 is 37.5 Å². The maximum atomic E-state index is 14.0. The maximum absolute atomic E-state index is 14.0. The zero-order valence-electron chi connectivity index (χ0n) is 48.3. The van der Waals surface area contributed by atoms with Gasteiger partial charge < -0.3 is 46.2 Å². The minimum absolute atomic E-state index is 0.0832. The van der Waals surface area contributed by atoms with Crippen molar-refractivity contribution in [3.63, 3.8) is 0 Å². The van der Waals surface area contributed by atoms with Crippen LogP contribution in [-0.2, 0) is 79.1 Å². The zero-order chi connectivity index (χ0) is 60.2. The first-order chi connectivity index (χ1) is 39.8. The van der Waals surface area contributed by atoms with Gasteiger partial charge in [-0.15, -0.1) is 0 Å². The molecule has 0 radical (unpaired) electrons. The second-order valence-electron chi connectivity index (χ2n) is 18.6. The molecule has 0 saturated heterocycles. The lowest BCUT2D eigenvalue weighted by molar-refractivity contribution is 0.218. The summed E-state index contributed by atoms with van der Waals surface area (Å²) in [5, 5.41) is 24.3. The molecule has 0 heterocycles. The van der Waals surface area contributed by atoms with Crippen LogP contribution < -0.4 is 5.46 Å². The molecule has 0 aliphatic heterocycles. The smallest absolute Gasteiger partial charge is 0.423 e. The van der Waals surface area contributed by atoms with Crippen molar-refractivity contribution in [2.75, 3.05) is 52.9 Å². The van der Waals surface area contributed by atoms with E-state index >= 15 is 0 Å². The summed E-state index contributed by atoms with van der Waals surface area (Å²) in [6.45, 7) is 16.7. The zero-order valence-corrected chi connectivity index (χ0v) is 55.1. The predicted molar refractivity (Wildman–Crippen MR) is 346 cm³/mol. The molecule has 0 fully saturated rings. The summed E-state index contributed by atoms with van der Waals surface area (Å²) in [5.74, 6) is 0. The van der Waals surface area contributed by atoms with Crippen LogP contribution in [0, 0.1) is 0 Å². The molecule has 8 aromatic rings. The SMILES string of the molecule is CCOP(=O)(Cc1cc(-c2cccc3ccccc23)c(CP(=O)(OCC)OCC)cc1-c1cccc2ccccc12)OCC.CCOP(=O)(Cc1cc(Br)c(CP(=O)(OCC)OCC)cc1Br)OCC.OB(O)c1cccc2ccccc12. The minimum Gasteiger partial charge on any atom is -0.423 e. The van der Waals surface area contributed by atoms with Crippen molar-refractivity contribution >= 4 is 107 Å². The summed E-state index contributed by atoms with van der Waals surface area (Å²) in [5.41, 5.74) is 7.44. The Morgan fingerprint density at radius 2 is 0.602 bits per heavy atom. The topological polar surface area (TPSA) is 183 Å². The summed E-state index contributed by atoms with van der Waals surface area (Å²) < 4.78 is 99.7. The molecule has 0 aliphatic rings. The normalized spacial score (nSPS) is 12.0. The fourth-order valence-corrected chi connectivity index (χ4v) is 18.0. The number of fused-ring (bicyclic) bond motifs is 3. The van der Waals surface area contributed by atoms with Crippen LogP contribution in [0.1, 0.15) is 77.6 Å². The molecule has 0 aliphatic carbocycles. The van der Waals surface area contributed by atoms with Gasteiger partial charge in [-0.2, -0.15) is 0 Å². The molecule has 0 aromatic heterocycles. The summed E-state index contributed by atoms with van der Waals surface area (Å²) in [7, 11) is -14.8. The molecule has 0 amide bonds. The lowest BCUT2D eigenvalue weighted by Crippen LogP contribution is -2.30. The summed E-state index contributed by atoms with van der Waals surface area (Å²) in [6.07, 6.45) is 0.450. The van der Waals surface area contributed by atoms with E-state index in [1.54, 1.807) is 33.8 Å². The van der Waals surface area contributed by atoms with Gasteiger partial charge in [-0.05, 0) is 162 Å². The monoisotopic (exact) mass is 1340 g/mol. The molecule has 0 spiro atoms. The Bertz CT molecular complexity index is 3370. The average molecular weight is 1340 g/mol. The Kier molecular flexibility index (Phi) is 26.9. The van der Waals surface area contributed by atoms with Gasteiger partial charge in [-0.3, -0.25) is 18.3 Å². The second-order valence-corrected chi connectivity index (χ2v) is 28.5. The van der Waals surface area contributed by atoms with Crippen molar-refractivity contribution in [1.29, 1.82) is 0 Å². The quantitative estimate of drug-likeness (QED) is 0.0366. The van der Waals surface area contributed by atoms with E-state index in [-0.39, 0.29) is 51.1 Å². The molecule has 8 aromatic carbocycles. The van der Waals surface area contributed by atoms with Crippen LogP contribution in [0.3, 0.4) is 0 Å². The van der Waals surface area contributed by atoms with Crippen LogP contribution in [0.4, 0.5) is 0 Å². The molecule has 0 bridgehead atoms. The highest BCUT2D eigenvalue weighted by atomic mass is 79.9. The van der Waals surface area contributed by atoms with Gasteiger partial charge in [0.2, 0.25) is 0 Å². The van der Waals surface area contributed by atoms with Gasteiger partial charge in [0.25, 0.3) is 0 Å². The van der Waals surface area contributed by atoms with Crippen molar-refractivity contribution in [3.05, 3.63) is 183 Å². The van der Waals surface area contributed by atoms with Gasteiger partial charge in [0, 0.05) is 8.95 Å². The Morgan fingerprint density at radius 3 is 0.916 bits per heavy atom. The number of benzene rings is 8. The molecule has 0 saturated carbocycles. The van der Waals surface area contributed by atoms with Crippen LogP contribution in [0.2, 0.25) is 0 Å². The van der Waals surface area contributed by atoms with Crippen molar-refractivity contribution in [2.24, 2.45) is 0 Å². The highest BCUT2D eigenvalue weighted by Crippen LogP contribution is 2.57. The highest BCUT2D eigenvalue weighted by Gasteiger charge is 2.32. The number of halogens is 2. The summed E-state index contributed by atoms with van der Waals surface area (Å²) in [6, 6.07) is 49.6. The van der Waals surface area contributed by atoms with Crippen LogP contribution in [-0.4, -0.2) is 70.0 Å². The fourth-order valence-electron chi connectivity index (χ4n) is 9.64. The lowest BCUT2D eigenvalue weighted by atomic mass is 9.77. The van der Waals surface area contributed by atoms with E-state index in [4.69, 9.17) is 46.2 Å². The third-order valence-corrected chi connectivity index (χ3v) is 22.5. The average Bonchev–Trinajstić information content (AvgIpc) is 2.76. The molecule has 14 nitrogen and oxygen atoms in total. The van der Waals surface area contributed by atoms with Crippen molar-refractivity contribution in [1.82, 2.24) is 0 Å². The fraction of sp³-hybridized carbons (Fsp3) is 0.323. The van der Waals surface area contributed by atoms with Crippen LogP contribution in [0.5, 0.6) is 0 Å². The van der Waals surface area contributed by atoms with E-state index in [0.717, 1.165) is 85.8 Å². The third-order valence-electron chi connectivity index (χ3n) is 12.9. The molecule has 83 heavy (non-hydrogen) atoms. The Hall–Kier alpha value is -3.92. The minimum atomic E-state index is -3.49. The Balaban J connectivity index is 0.000000237. The molecule has 0 unspecified atom stereocenters. The first kappa shape index (κ1) is 68.2. The van der Waals surface area contributed by atoms with Crippen LogP contribution >= 0.6 is 62.2 Å². The molecular formula is C62H75BBr2O14P4. The molecule has 0 atom stereocenters. The Labute approximate surface area is 506 Å². The largest absolute Gasteiger partial charge is 0.489 e. The molecular weight excluding hydrogens is 1260 g/mol. The first-order valence-electron chi connectivity index (χ1n) is 27.8. The van der Waals surface area contributed by atoms with E-state index in [2.05, 4.69) is 92.5 Å². The second kappa shape index (κ2) is 32.7. The number of hydrogen-bond donors (Lipinski definition) is 2. The van der Waals surface area contributed by atoms with Crippen molar-refractivity contribution in [3.8, 4) is 22.3 Å². The van der Waals surface area contributed by atoms with Gasteiger partial charge in [-0.1, -0.05) is 159 Å². The lowest BCUT2D eigenvalue weighted by Gasteiger charge is -2.24. The predicted octanol–water partition coefficient (Wildman–Crippen LogP) is 18.1. The van der Waals surface area contributed by atoms with E-state index in [0.29, 0.717) is 31.9 Å². The third kappa shape index (κ3) is 18.8. The van der Waals surface area contributed by atoms with E-state index in [1.165, 1.54) is 0 Å². The Morgan fingerprint density at radius 1 is 0.337 bits per heavy atom. The number of hydrogen-bond acceptors (Lipinski definition) is 14. The standard InChI is InChI=1S/C36H40O6P2.C16H26Br2O6P2.C10H9BO2/c1-5-39-43(37,40-6-2)25-29-23-36(34-22-14-18-28-16-10-12-20-32(28)34)30(26-44(38,41-7-3)42-8-4)24-35(29)33-21-13-17-27-15-9-11-19-31(27)33;1-5-21-25(19,22-6-2)11-13-9-16(18)14(10-15(13)17)12-26(20,23-7-3)24-8-4;12-11(13)10-7-3-5-8-4-1-2-6-9(8)10/h9-24H,5-8,25-26H2,1-4H3;9-10H,5-8,11-12H2,1-4H3;1-7,12-13H. The van der Waals surface area contributed by atoms with Gasteiger partial charge in [-0.25, -0.2) is 0 Å². The van der Waals surface area contributed by atoms with Gasteiger partial charge in [0.1, 0.15) is 0 Å². The molecule has 8 rings (SSSR count). The molecule has 2 N–H and O–H groups in total. The van der Waals surface area contributed by atoms with Crippen LogP contribution in [0.25, 0.3) is 54.6 Å². The summed E-state index contributed by atoms with van der Waals surface area (Å²) in [4.78, 5) is 0. The van der Waals surface area contributed by atoms with Gasteiger partial charge in [0.05, 0.1) is 77.5 Å². The van der Waals surface area contributed by atoms with Crippen molar-refractivity contribution in [2.45, 2.75) is 80.0 Å². The maximum Gasteiger partial charge on any atom is 0.489 e. The first-order valence-corrected chi connectivity index (χ1v) is 36.3. The van der Waals surface area contributed by atoms with E-state index in [1.807, 2.05) is 113 Å². The highest BCUT2D eigenvalue weighted by molar-refractivity contribution is 9.11. The van der Waals surface area contributed by atoms with E-state index in [9.17, 15) is 18.3 Å². The van der Waals surface area contributed by atoms with Crippen molar-refractivity contribution < 1.29 is 64.5 Å². The molecule has 21 heteroatoms. The van der Waals surface area contributed by atoms with Gasteiger partial charge in [0.15, 0.2) is 0 Å². The summed E-state index contributed by atoms with van der Waals surface area (Å²) >= 11 is 6.99. The number of rotatable bonds is 27. The molecule has 444 valence electrons.